The molecule has 0 bridgehead atoms. The molecule has 0 rings (SSSR count). The number of hydrogen-bond acceptors (Lipinski definition) is 4. The van der Waals surface area contributed by atoms with E-state index in [1.165, 1.54) is 11.8 Å². The molecule has 3 amide bonds. The molecule has 5 nitrogen and oxygen atoms in total. The molecule has 0 aliphatic carbocycles. The third kappa shape index (κ3) is 5.82. The number of imide groups is 1. The van der Waals surface area contributed by atoms with Gasteiger partial charge in [-0.3, -0.25) is 10.1 Å². The predicted octanol–water partition coefficient (Wildman–Crippen LogP) is 0.0403. The van der Waals surface area contributed by atoms with Crippen LogP contribution in [0.5, 0.6) is 0 Å². The Morgan fingerprint density at radius 2 is 2.07 bits per heavy atom. The highest BCUT2D eigenvalue weighted by atomic mass is 32.2. The van der Waals surface area contributed by atoms with E-state index in [0.717, 1.165) is 6.42 Å². The van der Waals surface area contributed by atoms with Crippen LogP contribution in [0.4, 0.5) is 4.79 Å². The topological polar surface area (TPSA) is 98.2 Å². The fourth-order valence-corrected chi connectivity index (χ4v) is 1.67. The van der Waals surface area contributed by atoms with E-state index in [4.69, 9.17) is 11.5 Å². The number of nitrogens with two attached hydrogens (primary N) is 2. The first-order valence-electron chi connectivity index (χ1n) is 4.44. The maximum absolute atomic E-state index is 11.2. The van der Waals surface area contributed by atoms with Crippen molar-refractivity contribution in [3.8, 4) is 0 Å². The maximum Gasteiger partial charge on any atom is 0.318 e. The summed E-state index contributed by atoms with van der Waals surface area (Å²) in [6.07, 6.45) is 0.872. The average molecular weight is 219 g/mol. The Balaban J connectivity index is 3.78. The largest absolute Gasteiger partial charge is 0.351 e. The zero-order chi connectivity index (χ0) is 11.1. The molecule has 82 valence electrons. The number of hydrogen-bond donors (Lipinski definition) is 3. The maximum atomic E-state index is 11.2. The number of rotatable bonds is 5. The van der Waals surface area contributed by atoms with E-state index >= 15 is 0 Å². The monoisotopic (exact) mass is 219 g/mol. The van der Waals surface area contributed by atoms with E-state index in [2.05, 4.69) is 0 Å². The van der Waals surface area contributed by atoms with Crippen molar-refractivity contribution >= 4 is 23.7 Å². The predicted molar refractivity (Wildman–Crippen MR) is 57.9 cm³/mol. The van der Waals surface area contributed by atoms with Crippen molar-refractivity contribution in [2.45, 2.75) is 31.6 Å². The molecule has 0 saturated heterocycles. The highest BCUT2D eigenvalue weighted by Crippen LogP contribution is 2.12. The molecule has 14 heavy (non-hydrogen) atoms. The molecule has 5 N–H and O–H groups in total. The van der Waals surface area contributed by atoms with Crippen LogP contribution in [0.25, 0.3) is 0 Å². The molecular formula is C8H17N3O2S. The van der Waals surface area contributed by atoms with Crippen LogP contribution in [-0.4, -0.2) is 29.0 Å². The molecule has 2 atom stereocenters. The number of urea groups is 1. The van der Waals surface area contributed by atoms with Crippen molar-refractivity contribution in [3.05, 3.63) is 0 Å². The zero-order valence-corrected chi connectivity index (χ0v) is 9.26. The number of carbonyl (C=O) groups excluding carboxylic acids is 2. The van der Waals surface area contributed by atoms with E-state index in [1.54, 1.807) is 6.92 Å². The number of thioether (sulfide) groups is 1. The van der Waals surface area contributed by atoms with Crippen molar-refractivity contribution in [2.24, 2.45) is 11.5 Å². The molecule has 0 saturated carbocycles. The van der Waals surface area contributed by atoms with Crippen molar-refractivity contribution in [2.75, 3.05) is 5.75 Å². The number of nitrogens with one attached hydrogen (secondary N) is 1. The second kappa shape index (κ2) is 6.67. The molecule has 0 radical (unpaired) electrons. The molecule has 2 unspecified atom stereocenters. The Morgan fingerprint density at radius 3 is 2.50 bits per heavy atom. The minimum atomic E-state index is -0.817. The van der Waals surface area contributed by atoms with Gasteiger partial charge in [0.15, 0.2) is 0 Å². The standard InChI is InChI=1S/C8H17N3O2S/c1-3-6(9)4-14-5(2)7(12)11-8(10)13/h5-6H,3-4,9H2,1-2H3,(H3,10,11,12,13). The Labute approximate surface area is 88.0 Å². The number of primary amides is 1. The summed E-state index contributed by atoms with van der Waals surface area (Å²) in [5, 5.41) is 1.72. The van der Waals surface area contributed by atoms with Gasteiger partial charge in [-0.1, -0.05) is 6.92 Å². The number of carbonyl (C=O) groups is 2. The molecule has 0 aromatic rings. The fourth-order valence-electron chi connectivity index (χ4n) is 0.685. The van der Waals surface area contributed by atoms with Gasteiger partial charge in [-0.05, 0) is 13.3 Å². The highest BCUT2D eigenvalue weighted by Gasteiger charge is 2.15. The van der Waals surface area contributed by atoms with Crippen molar-refractivity contribution in [1.29, 1.82) is 0 Å². The van der Waals surface area contributed by atoms with Crippen LogP contribution in [0.2, 0.25) is 0 Å². The molecule has 0 heterocycles. The van der Waals surface area contributed by atoms with Crippen LogP contribution in [-0.2, 0) is 4.79 Å². The van der Waals surface area contributed by atoms with Crippen molar-refractivity contribution in [3.63, 3.8) is 0 Å². The molecule has 6 heteroatoms. The second-order valence-electron chi connectivity index (χ2n) is 3.00. The summed E-state index contributed by atoms with van der Waals surface area (Å²) in [4.78, 5) is 21.5. The lowest BCUT2D eigenvalue weighted by molar-refractivity contribution is -0.119. The van der Waals surface area contributed by atoms with Gasteiger partial charge in [0.05, 0.1) is 5.25 Å². The molecule has 0 aromatic carbocycles. The second-order valence-corrected chi connectivity index (χ2v) is 4.37. The first-order chi connectivity index (χ1) is 6.47. The van der Waals surface area contributed by atoms with Crippen LogP contribution < -0.4 is 16.8 Å². The fraction of sp³-hybridized carbons (Fsp3) is 0.750. The van der Waals surface area contributed by atoms with Gasteiger partial charge in [0, 0.05) is 11.8 Å². The Bertz CT molecular complexity index is 211. The first kappa shape index (κ1) is 13.2. The van der Waals surface area contributed by atoms with Gasteiger partial charge in [-0.15, -0.1) is 11.8 Å². The van der Waals surface area contributed by atoms with Crippen LogP contribution in [0.15, 0.2) is 0 Å². The summed E-state index contributed by atoms with van der Waals surface area (Å²) in [5.74, 6) is 0.329. The van der Waals surface area contributed by atoms with Gasteiger partial charge >= 0.3 is 6.03 Å². The Kier molecular flexibility index (Phi) is 6.31. The van der Waals surface area contributed by atoms with Gasteiger partial charge in [0.25, 0.3) is 0 Å². The van der Waals surface area contributed by atoms with E-state index in [9.17, 15) is 9.59 Å². The van der Waals surface area contributed by atoms with Gasteiger partial charge in [-0.2, -0.15) is 0 Å². The van der Waals surface area contributed by atoms with Crippen LogP contribution in [0.3, 0.4) is 0 Å². The molecule has 0 spiro atoms. The lowest BCUT2D eigenvalue weighted by Gasteiger charge is -2.12. The summed E-state index contributed by atoms with van der Waals surface area (Å²) in [6.45, 7) is 3.70. The van der Waals surface area contributed by atoms with E-state index in [-0.39, 0.29) is 17.2 Å². The van der Waals surface area contributed by atoms with Crippen LogP contribution in [0.1, 0.15) is 20.3 Å². The van der Waals surface area contributed by atoms with E-state index < -0.39 is 6.03 Å². The lowest BCUT2D eigenvalue weighted by Crippen LogP contribution is -2.40. The smallest absolute Gasteiger partial charge is 0.318 e. The quantitative estimate of drug-likeness (QED) is 0.608. The van der Waals surface area contributed by atoms with Crippen LogP contribution in [0, 0.1) is 0 Å². The summed E-state index contributed by atoms with van der Waals surface area (Å²) in [6, 6.07) is -0.730. The van der Waals surface area contributed by atoms with Gasteiger partial charge < -0.3 is 11.5 Å². The third-order valence-electron chi connectivity index (χ3n) is 1.70. The third-order valence-corrected chi connectivity index (χ3v) is 3.03. The molecule has 0 aliphatic rings. The van der Waals surface area contributed by atoms with Gasteiger partial charge in [0.2, 0.25) is 5.91 Å². The average Bonchev–Trinajstić information content (AvgIpc) is 2.12. The molecule has 0 fully saturated rings. The minimum Gasteiger partial charge on any atom is -0.351 e. The van der Waals surface area contributed by atoms with Gasteiger partial charge in [0.1, 0.15) is 0 Å². The van der Waals surface area contributed by atoms with E-state index in [0.29, 0.717) is 5.75 Å². The summed E-state index contributed by atoms with van der Waals surface area (Å²) in [7, 11) is 0. The normalized spacial score (nSPS) is 14.5. The zero-order valence-electron chi connectivity index (χ0n) is 8.45. The summed E-state index contributed by atoms with van der Waals surface area (Å²) >= 11 is 1.41. The first-order valence-corrected chi connectivity index (χ1v) is 5.49. The lowest BCUT2D eigenvalue weighted by atomic mass is 10.3. The molecule has 0 aliphatic heterocycles. The SMILES string of the molecule is CCC(N)CSC(C)C(=O)NC(N)=O. The van der Waals surface area contributed by atoms with Crippen LogP contribution >= 0.6 is 11.8 Å². The Morgan fingerprint density at radius 1 is 1.50 bits per heavy atom. The van der Waals surface area contributed by atoms with Crippen molar-refractivity contribution < 1.29 is 9.59 Å². The minimum absolute atomic E-state index is 0.0869. The van der Waals surface area contributed by atoms with E-state index in [1.807, 2.05) is 12.2 Å². The highest BCUT2D eigenvalue weighted by molar-refractivity contribution is 8.00. The number of amides is 3. The molecule has 0 aromatic heterocycles. The summed E-state index contributed by atoms with van der Waals surface area (Å²) in [5.41, 5.74) is 10.5. The Hall–Kier alpha value is -0.750. The molecular weight excluding hydrogens is 202 g/mol. The summed E-state index contributed by atoms with van der Waals surface area (Å²) < 4.78 is 0. The van der Waals surface area contributed by atoms with Gasteiger partial charge in [-0.25, -0.2) is 4.79 Å². The van der Waals surface area contributed by atoms with Crippen molar-refractivity contribution in [1.82, 2.24) is 5.32 Å².